The van der Waals surface area contributed by atoms with Crippen molar-refractivity contribution in [3.8, 4) is 23.0 Å². The second kappa shape index (κ2) is 17.6. The predicted octanol–water partition coefficient (Wildman–Crippen LogP) is 6.44. The lowest BCUT2D eigenvalue weighted by molar-refractivity contribution is -0.0884. The third-order valence-corrected chi connectivity index (χ3v) is 10.9. The fourth-order valence-corrected chi connectivity index (χ4v) is 7.98. The maximum Gasteiger partial charge on any atom is 0.163 e. The number of nitrogens with one attached hydrogen (secondary N) is 2. The van der Waals surface area contributed by atoms with Crippen LogP contribution in [0.3, 0.4) is 0 Å². The molecule has 53 heavy (non-hydrogen) atoms. The molecule has 0 amide bonds. The quantitative estimate of drug-likeness (QED) is 0.116. The largest absolute Gasteiger partial charge is 0.493 e. The summed E-state index contributed by atoms with van der Waals surface area (Å²) >= 11 is 6.32. The Hall–Kier alpha value is -3.81. The molecule has 5 heterocycles. The van der Waals surface area contributed by atoms with Crippen LogP contribution in [-0.2, 0) is 9.47 Å². The van der Waals surface area contributed by atoms with E-state index in [2.05, 4.69) is 37.6 Å². The van der Waals surface area contributed by atoms with Gasteiger partial charge >= 0.3 is 0 Å². The molecular weight excluding hydrogens is 696 g/mol. The van der Waals surface area contributed by atoms with Crippen molar-refractivity contribution in [2.75, 3.05) is 105 Å². The molecule has 0 saturated carbocycles. The Morgan fingerprint density at radius 3 is 2.13 bits per heavy atom. The molecule has 0 radical (unpaired) electrons. The highest BCUT2D eigenvalue weighted by Crippen LogP contribution is 2.39. The molecule has 3 aliphatic rings. The molecule has 2 aromatic carbocycles. The van der Waals surface area contributed by atoms with Gasteiger partial charge in [0.15, 0.2) is 23.0 Å². The number of aromatic nitrogens is 2. The Labute approximate surface area is 317 Å². The third kappa shape index (κ3) is 8.95. The minimum atomic E-state index is 0.288. The summed E-state index contributed by atoms with van der Waals surface area (Å²) in [5, 5.41) is 8.86. The minimum absolute atomic E-state index is 0.288. The lowest BCUT2D eigenvalue weighted by atomic mass is 9.89. The van der Waals surface area contributed by atoms with E-state index < -0.39 is 0 Å². The van der Waals surface area contributed by atoms with E-state index in [1.54, 1.807) is 21.3 Å². The van der Waals surface area contributed by atoms with Crippen LogP contribution < -0.4 is 29.6 Å². The fraction of sp³-hybridized carbons (Fsp3) is 0.550. The molecule has 3 fully saturated rings. The topological polar surface area (TPSA) is 112 Å². The van der Waals surface area contributed by atoms with Crippen LogP contribution in [0.2, 0.25) is 5.02 Å². The molecule has 0 spiro atoms. The molecule has 12 nitrogen and oxygen atoms in total. The summed E-state index contributed by atoms with van der Waals surface area (Å²) in [6.45, 7) is 8.70. The summed E-state index contributed by atoms with van der Waals surface area (Å²) in [6.07, 6.45) is 5.53. The Kier molecular flexibility index (Phi) is 12.4. The van der Waals surface area contributed by atoms with Gasteiger partial charge in [0, 0.05) is 89.5 Å². The van der Waals surface area contributed by atoms with Gasteiger partial charge in [0.1, 0.15) is 11.6 Å². The predicted molar refractivity (Wildman–Crippen MR) is 210 cm³/mol. The summed E-state index contributed by atoms with van der Waals surface area (Å²) in [4.78, 5) is 14.4. The number of benzene rings is 2. The van der Waals surface area contributed by atoms with E-state index in [1.807, 2.05) is 31.3 Å². The van der Waals surface area contributed by atoms with Gasteiger partial charge in [-0.1, -0.05) is 11.6 Å². The van der Waals surface area contributed by atoms with Gasteiger partial charge in [-0.15, -0.1) is 0 Å². The Morgan fingerprint density at radius 1 is 0.755 bits per heavy atom. The van der Waals surface area contributed by atoms with E-state index in [9.17, 15) is 0 Å². The second-order valence-electron chi connectivity index (χ2n) is 14.2. The summed E-state index contributed by atoms with van der Waals surface area (Å²) in [5.74, 6) is 4.80. The van der Waals surface area contributed by atoms with Crippen molar-refractivity contribution < 1.29 is 28.4 Å². The van der Waals surface area contributed by atoms with Crippen LogP contribution in [-0.4, -0.2) is 126 Å². The standard InChI is InChI=1S/C40H53ClN6O6/c1-42-39-20-30(26-8-15-50-16-9-26)31-19-36(49-4)38(22-34(31)44-39)52-14-6-11-47-24-29(25-47)53-28-7-12-46(23-28)10-5-13-51-37-21-33-27(18-35(37)48-3)17-32(41)40(43-2)45-33/h17-22,26,28-29H,5-16,23-25H2,1-4H3,(H,42,44)(H,43,45). The zero-order chi connectivity index (χ0) is 36.7. The molecule has 0 aliphatic carbocycles. The van der Waals surface area contributed by atoms with Crippen molar-refractivity contribution in [2.45, 2.75) is 50.2 Å². The molecule has 1 atom stereocenters. The van der Waals surface area contributed by atoms with Gasteiger partial charge in [0.2, 0.25) is 0 Å². The molecule has 1 unspecified atom stereocenters. The second-order valence-corrected chi connectivity index (χ2v) is 14.6. The minimum Gasteiger partial charge on any atom is -0.493 e. The highest BCUT2D eigenvalue weighted by molar-refractivity contribution is 6.33. The fourth-order valence-electron chi connectivity index (χ4n) is 7.73. The molecule has 4 aromatic rings. The number of rotatable bonds is 17. The number of ether oxygens (including phenoxy) is 6. The molecular formula is C40H53ClN6O6. The highest BCUT2D eigenvalue weighted by atomic mass is 35.5. The van der Waals surface area contributed by atoms with Gasteiger partial charge in [0.25, 0.3) is 0 Å². The lowest BCUT2D eigenvalue weighted by Crippen LogP contribution is -2.53. The number of pyridine rings is 2. The van der Waals surface area contributed by atoms with Crippen LogP contribution in [0, 0.1) is 0 Å². The maximum absolute atomic E-state index is 6.48. The van der Waals surface area contributed by atoms with Crippen LogP contribution in [0.1, 0.15) is 43.6 Å². The van der Waals surface area contributed by atoms with Crippen molar-refractivity contribution in [1.29, 1.82) is 0 Å². The van der Waals surface area contributed by atoms with Crippen molar-refractivity contribution in [2.24, 2.45) is 0 Å². The van der Waals surface area contributed by atoms with Gasteiger partial charge in [-0.3, -0.25) is 4.90 Å². The third-order valence-electron chi connectivity index (χ3n) is 10.6. The molecule has 3 saturated heterocycles. The van der Waals surface area contributed by atoms with Gasteiger partial charge < -0.3 is 44.0 Å². The monoisotopic (exact) mass is 748 g/mol. The van der Waals surface area contributed by atoms with Crippen molar-refractivity contribution in [3.63, 3.8) is 0 Å². The summed E-state index contributed by atoms with van der Waals surface area (Å²) < 4.78 is 35.9. The van der Waals surface area contributed by atoms with Crippen molar-refractivity contribution >= 4 is 45.0 Å². The summed E-state index contributed by atoms with van der Waals surface area (Å²) in [6, 6.07) is 12.0. The summed E-state index contributed by atoms with van der Waals surface area (Å²) in [7, 11) is 7.07. The van der Waals surface area contributed by atoms with Crippen molar-refractivity contribution in [1.82, 2.24) is 19.8 Å². The Balaban J connectivity index is 0.809. The molecule has 3 aliphatic heterocycles. The van der Waals surface area contributed by atoms with Crippen molar-refractivity contribution in [3.05, 3.63) is 47.0 Å². The number of likely N-dealkylation sites (tertiary alicyclic amines) is 2. The average molecular weight is 749 g/mol. The smallest absolute Gasteiger partial charge is 0.163 e. The first-order valence-corrected chi connectivity index (χ1v) is 19.3. The molecule has 0 bridgehead atoms. The molecule has 286 valence electrons. The number of methoxy groups -OCH3 is 2. The number of hydrogen-bond donors (Lipinski definition) is 2. The number of hydrogen-bond acceptors (Lipinski definition) is 12. The lowest BCUT2D eigenvalue weighted by Gasteiger charge is -2.40. The zero-order valence-electron chi connectivity index (χ0n) is 31.4. The van der Waals surface area contributed by atoms with E-state index in [0.717, 1.165) is 124 Å². The highest BCUT2D eigenvalue weighted by Gasteiger charge is 2.32. The van der Waals surface area contributed by atoms with E-state index in [-0.39, 0.29) is 6.10 Å². The van der Waals surface area contributed by atoms with E-state index >= 15 is 0 Å². The van der Waals surface area contributed by atoms with Gasteiger partial charge in [-0.25, -0.2) is 9.97 Å². The first kappa shape index (κ1) is 37.5. The van der Waals surface area contributed by atoms with E-state index in [1.165, 1.54) is 5.56 Å². The van der Waals surface area contributed by atoms with E-state index in [0.29, 0.717) is 47.6 Å². The van der Waals surface area contributed by atoms with Crippen LogP contribution in [0.25, 0.3) is 21.8 Å². The number of halogens is 1. The SMILES string of the molecule is CNc1cc(C2CCOCC2)c2cc(OC)c(OCCCN3CC(OC4CCN(CCCOc5cc6nc(NC)c(Cl)cc6cc5OC)C4)C3)cc2n1. The van der Waals surface area contributed by atoms with Crippen LogP contribution >= 0.6 is 11.6 Å². The summed E-state index contributed by atoms with van der Waals surface area (Å²) in [5.41, 5.74) is 3.02. The Bertz CT molecular complexity index is 1850. The van der Waals surface area contributed by atoms with Gasteiger partial charge in [0.05, 0.1) is 55.7 Å². The van der Waals surface area contributed by atoms with Crippen LogP contribution in [0.4, 0.5) is 11.6 Å². The average Bonchev–Trinajstić information content (AvgIpc) is 3.62. The maximum atomic E-state index is 6.48. The molecule has 7 rings (SSSR count). The number of fused-ring (bicyclic) bond motifs is 2. The number of nitrogens with zero attached hydrogens (tertiary/aromatic N) is 4. The number of anilines is 2. The normalized spacial score (nSPS) is 18.7. The Morgan fingerprint density at radius 2 is 1.43 bits per heavy atom. The zero-order valence-corrected chi connectivity index (χ0v) is 32.2. The van der Waals surface area contributed by atoms with E-state index in [4.69, 9.17) is 45.0 Å². The first-order chi connectivity index (χ1) is 25.9. The molecule has 2 aromatic heterocycles. The van der Waals surface area contributed by atoms with Crippen LogP contribution in [0.15, 0.2) is 36.4 Å². The molecule has 13 heteroatoms. The van der Waals surface area contributed by atoms with Gasteiger partial charge in [-0.05, 0) is 67.9 Å². The van der Waals surface area contributed by atoms with Crippen LogP contribution in [0.5, 0.6) is 23.0 Å². The first-order valence-electron chi connectivity index (χ1n) is 18.9. The molecule has 2 N–H and O–H groups in total. The van der Waals surface area contributed by atoms with Gasteiger partial charge in [-0.2, -0.15) is 0 Å².